The zero-order valence-electron chi connectivity index (χ0n) is 36.2. The summed E-state index contributed by atoms with van der Waals surface area (Å²) >= 11 is 0. The molecular weight excluding hydrogens is 659 g/mol. The van der Waals surface area contributed by atoms with Crippen LogP contribution >= 0.6 is 0 Å². The number of carbonyl (C=O) groups is 2. The molecule has 0 saturated carbocycles. The first-order valence-corrected chi connectivity index (χ1v) is 23.7. The lowest BCUT2D eigenvalue weighted by Gasteiger charge is -2.19. The van der Waals surface area contributed by atoms with Crippen molar-refractivity contribution in [1.82, 2.24) is 5.32 Å². The molecule has 316 valence electrons. The molecule has 6 heteroatoms. The van der Waals surface area contributed by atoms with Crippen molar-refractivity contribution in [2.45, 2.75) is 252 Å². The Morgan fingerprint density at radius 2 is 0.792 bits per heavy atom. The van der Waals surface area contributed by atoms with Crippen LogP contribution in [0.15, 0.2) is 0 Å². The highest BCUT2D eigenvalue weighted by Gasteiger charge is 2.14. The highest BCUT2D eigenvalue weighted by Crippen LogP contribution is 2.21. The predicted octanol–water partition coefficient (Wildman–Crippen LogP) is 13.6. The van der Waals surface area contributed by atoms with Gasteiger partial charge in [0.05, 0.1) is 13.2 Å². The van der Waals surface area contributed by atoms with Crippen molar-refractivity contribution in [2.24, 2.45) is 11.8 Å². The molecule has 0 aromatic rings. The first-order valence-electron chi connectivity index (χ1n) is 23.7. The molecule has 0 bridgehead atoms. The van der Waals surface area contributed by atoms with Crippen LogP contribution < -0.4 is 5.32 Å². The summed E-state index contributed by atoms with van der Waals surface area (Å²) in [7, 11) is 0. The summed E-state index contributed by atoms with van der Waals surface area (Å²) in [5, 5.41) is 13.0. The molecule has 0 saturated heterocycles. The van der Waals surface area contributed by atoms with E-state index in [-0.39, 0.29) is 18.5 Å². The number of carbonyl (C=O) groups excluding carboxylic acids is 2. The molecule has 0 amide bonds. The highest BCUT2D eigenvalue weighted by molar-refractivity contribution is 5.69. The fourth-order valence-electron chi connectivity index (χ4n) is 7.52. The lowest BCUT2D eigenvalue weighted by atomic mass is 9.96. The van der Waals surface area contributed by atoms with E-state index < -0.39 is 0 Å². The number of aliphatic hydroxyl groups excluding tert-OH is 1. The van der Waals surface area contributed by atoms with Gasteiger partial charge in [-0.2, -0.15) is 0 Å². The molecule has 6 nitrogen and oxygen atoms in total. The molecular formula is C47H93NO5. The normalized spacial score (nSPS) is 13.2. The molecule has 53 heavy (non-hydrogen) atoms. The van der Waals surface area contributed by atoms with Gasteiger partial charge in [0, 0.05) is 25.5 Å². The molecule has 0 fully saturated rings. The predicted molar refractivity (Wildman–Crippen MR) is 227 cm³/mol. The average molecular weight is 752 g/mol. The van der Waals surface area contributed by atoms with Gasteiger partial charge in [0.15, 0.2) is 0 Å². The van der Waals surface area contributed by atoms with E-state index >= 15 is 0 Å². The number of rotatable bonds is 43. The first kappa shape index (κ1) is 51.9. The minimum absolute atomic E-state index is 0.00439. The number of hydrogen-bond donors (Lipinski definition) is 2. The van der Waals surface area contributed by atoms with Crippen LogP contribution in [0.1, 0.15) is 246 Å². The van der Waals surface area contributed by atoms with Crippen molar-refractivity contribution in [3.8, 4) is 0 Å². The first-order chi connectivity index (χ1) is 26.0. The van der Waals surface area contributed by atoms with Crippen LogP contribution in [-0.4, -0.2) is 49.5 Å². The van der Waals surface area contributed by atoms with Crippen molar-refractivity contribution in [3.05, 3.63) is 0 Å². The second-order valence-electron chi connectivity index (χ2n) is 16.5. The second kappa shape index (κ2) is 42.0. The Kier molecular flexibility index (Phi) is 41.1. The molecule has 0 aliphatic rings. The van der Waals surface area contributed by atoms with Crippen LogP contribution in [0.25, 0.3) is 0 Å². The topological polar surface area (TPSA) is 84.9 Å². The monoisotopic (exact) mass is 752 g/mol. The maximum Gasteiger partial charge on any atom is 0.305 e. The smallest absolute Gasteiger partial charge is 0.305 e. The zero-order valence-corrected chi connectivity index (χ0v) is 36.2. The summed E-state index contributed by atoms with van der Waals surface area (Å²) in [6, 6.07) is 0.568. The summed E-state index contributed by atoms with van der Waals surface area (Å²) in [5.41, 5.74) is 0. The summed E-state index contributed by atoms with van der Waals surface area (Å²) in [6.45, 7) is 11.5. The van der Waals surface area contributed by atoms with Crippen LogP contribution in [0.3, 0.4) is 0 Å². The largest absolute Gasteiger partial charge is 0.465 e. The van der Waals surface area contributed by atoms with Crippen LogP contribution in [0.5, 0.6) is 0 Å². The Labute approximate surface area is 330 Å². The van der Waals surface area contributed by atoms with E-state index in [4.69, 9.17) is 9.47 Å². The molecule has 0 heterocycles. The second-order valence-corrected chi connectivity index (χ2v) is 16.5. The van der Waals surface area contributed by atoms with E-state index in [0.29, 0.717) is 43.9 Å². The Morgan fingerprint density at radius 3 is 1.21 bits per heavy atom. The van der Waals surface area contributed by atoms with Gasteiger partial charge in [-0.05, 0) is 82.6 Å². The summed E-state index contributed by atoms with van der Waals surface area (Å²) in [6.07, 6.45) is 39.5. The van der Waals surface area contributed by atoms with Crippen molar-refractivity contribution in [3.63, 3.8) is 0 Å². The number of hydrogen-bond acceptors (Lipinski definition) is 6. The summed E-state index contributed by atoms with van der Waals surface area (Å²) < 4.78 is 11.4. The van der Waals surface area contributed by atoms with Crippen molar-refractivity contribution in [2.75, 3.05) is 26.4 Å². The maximum absolute atomic E-state index is 12.4. The van der Waals surface area contributed by atoms with Crippen molar-refractivity contribution in [1.29, 1.82) is 0 Å². The summed E-state index contributed by atoms with van der Waals surface area (Å²) in [4.78, 5) is 24.8. The van der Waals surface area contributed by atoms with Gasteiger partial charge in [-0.25, -0.2) is 0 Å². The fourth-order valence-corrected chi connectivity index (χ4v) is 7.52. The zero-order chi connectivity index (χ0) is 38.9. The van der Waals surface area contributed by atoms with Gasteiger partial charge < -0.3 is 19.9 Å². The SMILES string of the molecule is CCCCCCC(CCCC)COC(=O)CCCCCCCCC(CCCCCCCCC(=O)OCC(CCCC)CCCCCC)NCCCCO. The molecule has 0 aliphatic carbocycles. The third-order valence-corrected chi connectivity index (χ3v) is 11.2. The molecule has 0 rings (SSSR count). The number of unbranched alkanes of at least 4 members (excludes halogenated alkanes) is 19. The quantitative estimate of drug-likeness (QED) is 0.0477. The van der Waals surface area contributed by atoms with Gasteiger partial charge in [0.2, 0.25) is 0 Å². The molecule has 2 atom stereocenters. The molecule has 0 aromatic heterocycles. The van der Waals surface area contributed by atoms with Gasteiger partial charge in [0.25, 0.3) is 0 Å². The van der Waals surface area contributed by atoms with Gasteiger partial charge >= 0.3 is 11.9 Å². The van der Waals surface area contributed by atoms with E-state index in [9.17, 15) is 14.7 Å². The molecule has 2 N–H and O–H groups in total. The Morgan fingerprint density at radius 1 is 0.434 bits per heavy atom. The standard InChI is InChI=1S/C47H93NO5/c1-5-9-13-23-33-43(31-11-7-3)41-52-46(50)37-27-21-17-15-19-25-35-45(48-39-29-30-40-49)36-26-20-16-18-22-28-38-47(51)53-42-44(32-12-8-4)34-24-14-10-6-2/h43-45,48-49H,5-42H2,1-4H3. The molecule has 0 radical (unpaired) electrons. The van der Waals surface area contributed by atoms with E-state index in [1.165, 1.54) is 167 Å². The van der Waals surface area contributed by atoms with E-state index in [2.05, 4.69) is 33.0 Å². The van der Waals surface area contributed by atoms with Crippen LogP contribution in [-0.2, 0) is 19.1 Å². The minimum atomic E-state index is 0.00439. The van der Waals surface area contributed by atoms with Crippen molar-refractivity contribution < 1.29 is 24.2 Å². The fraction of sp³-hybridized carbons (Fsp3) is 0.957. The average Bonchev–Trinajstić information content (AvgIpc) is 3.16. The third-order valence-electron chi connectivity index (χ3n) is 11.2. The number of aliphatic hydroxyl groups is 1. The Hall–Kier alpha value is -1.14. The van der Waals surface area contributed by atoms with Gasteiger partial charge in [-0.3, -0.25) is 9.59 Å². The maximum atomic E-state index is 12.4. The van der Waals surface area contributed by atoms with Crippen molar-refractivity contribution >= 4 is 11.9 Å². The number of ether oxygens (including phenoxy) is 2. The van der Waals surface area contributed by atoms with E-state index in [1.807, 2.05) is 0 Å². The Balaban J connectivity index is 4.08. The highest BCUT2D eigenvalue weighted by atomic mass is 16.5. The van der Waals surface area contributed by atoms with E-state index in [0.717, 1.165) is 45.1 Å². The van der Waals surface area contributed by atoms with Crippen LogP contribution in [0.2, 0.25) is 0 Å². The Bertz CT molecular complexity index is 705. The summed E-state index contributed by atoms with van der Waals surface area (Å²) in [5.74, 6) is 1.09. The minimum Gasteiger partial charge on any atom is -0.465 e. The number of nitrogens with one attached hydrogen (secondary N) is 1. The van der Waals surface area contributed by atoms with Crippen LogP contribution in [0, 0.1) is 11.8 Å². The van der Waals surface area contributed by atoms with Gasteiger partial charge in [-0.15, -0.1) is 0 Å². The lowest BCUT2D eigenvalue weighted by molar-refractivity contribution is -0.146. The van der Waals surface area contributed by atoms with Gasteiger partial charge in [-0.1, -0.05) is 169 Å². The molecule has 0 aromatic carbocycles. The van der Waals surface area contributed by atoms with E-state index in [1.54, 1.807) is 0 Å². The number of esters is 2. The van der Waals surface area contributed by atoms with Crippen LogP contribution in [0.4, 0.5) is 0 Å². The third kappa shape index (κ3) is 37.6. The lowest BCUT2D eigenvalue weighted by Crippen LogP contribution is -2.30. The van der Waals surface area contributed by atoms with Gasteiger partial charge in [0.1, 0.15) is 0 Å². The molecule has 2 unspecified atom stereocenters. The molecule has 0 spiro atoms. The molecule has 0 aliphatic heterocycles.